The summed E-state index contributed by atoms with van der Waals surface area (Å²) in [5.74, 6) is -0.998. The van der Waals surface area contributed by atoms with Gasteiger partial charge in [-0.2, -0.15) is 35.1 Å². The number of hydrogen-bond donors (Lipinski definition) is 0. The highest BCUT2D eigenvalue weighted by Gasteiger charge is 2.48. The van der Waals surface area contributed by atoms with Crippen molar-refractivity contribution in [2.45, 2.75) is 69.6 Å². The molecule has 0 aromatic heterocycles. The second-order valence-electron chi connectivity index (χ2n) is 8.85. The van der Waals surface area contributed by atoms with Crippen LogP contribution in [0.3, 0.4) is 0 Å². The second kappa shape index (κ2) is 9.59. The zero-order valence-corrected chi connectivity index (χ0v) is 17.6. The van der Waals surface area contributed by atoms with Gasteiger partial charge >= 0.3 is 12.4 Å². The van der Waals surface area contributed by atoms with E-state index in [0.29, 0.717) is 44.4 Å². The van der Waals surface area contributed by atoms with Crippen LogP contribution in [0.1, 0.15) is 74.0 Å². The molecule has 1 aromatic rings. The smallest absolute Gasteiger partial charge is 0.420 e. The molecule has 32 heavy (non-hydrogen) atoms. The molecule has 1 nitrogen and oxygen atoms in total. The van der Waals surface area contributed by atoms with Crippen LogP contribution in [0.2, 0.25) is 0 Å². The van der Waals surface area contributed by atoms with Crippen LogP contribution in [0.5, 0.6) is 5.75 Å². The molecular formula is C23H26F8O. The van der Waals surface area contributed by atoms with Gasteiger partial charge in [-0.25, -0.2) is 0 Å². The Balaban J connectivity index is 1.77. The number of alkyl halides is 6. The van der Waals surface area contributed by atoms with Crippen LogP contribution in [0.25, 0.3) is 0 Å². The third-order valence-electron chi connectivity index (χ3n) is 7.04. The summed E-state index contributed by atoms with van der Waals surface area (Å²) in [5, 5.41) is 0. The van der Waals surface area contributed by atoms with Gasteiger partial charge in [0.15, 0.2) is 0 Å². The summed E-state index contributed by atoms with van der Waals surface area (Å²) in [7, 11) is 0.919. The molecule has 0 bridgehead atoms. The summed E-state index contributed by atoms with van der Waals surface area (Å²) >= 11 is 0. The number of methoxy groups -OCH3 is 1. The average molecular weight is 470 g/mol. The SMILES string of the molecule is COc1ccc(C2CCC(C3CCC(C=C(F)F)CC3)CC2)c(C(F)(F)F)c1C(F)(F)F. The Morgan fingerprint density at radius 2 is 1.28 bits per heavy atom. The number of halogens is 8. The van der Waals surface area contributed by atoms with Crippen molar-refractivity contribution in [1.29, 1.82) is 0 Å². The molecule has 2 fully saturated rings. The first-order valence-electron chi connectivity index (χ1n) is 10.8. The van der Waals surface area contributed by atoms with Gasteiger partial charge in [0.2, 0.25) is 0 Å². The number of rotatable bonds is 4. The van der Waals surface area contributed by atoms with Crippen molar-refractivity contribution in [3.63, 3.8) is 0 Å². The van der Waals surface area contributed by atoms with E-state index in [0.717, 1.165) is 38.2 Å². The molecular weight excluding hydrogens is 444 g/mol. The van der Waals surface area contributed by atoms with E-state index in [1.165, 1.54) is 0 Å². The molecule has 0 radical (unpaired) electrons. The van der Waals surface area contributed by atoms with Crippen LogP contribution in [-0.2, 0) is 12.4 Å². The first-order chi connectivity index (χ1) is 14.9. The number of hydrogen-bond acceptors (Lipinski definition) is 1. The molecule has 0 spiro atoms. The molecule has 9 heteroatoms. The first-order valence-corrected chi connectivity index (χ1v) is 10.8. The molecule has 0 heterocycles. The Labute approximate surface area is 181 Å². The quantitative estimate of drug-likeness (QED) is 0.401. The van der Waals surface area contributed by atoms with Gasteiger partial charge in [0.05, 0.1) is 12.7 Å². The average Bonchev–Trinajstić information content (AvgIpc) is 2.71. The van der Waals surface area contributed by atoms with Crippen LogP contribution in [0.4, 0.5) is 35.1 Å². The largest absolute Gasteiger partial charge is 0.496 e. The molecule has 3 rings (SSSR count). The minimum atomic E-state index is -5.20. The van der Waals surface area contributed by atoms with Gasteiger partial charge in [-0.15, -0.1) is 0 Å². The third-order valence-corrected chi connectivity index (χ3v) is 7.04. The van der Waals surface area contributed by atoms with E-state index in [9.17, 15) is 35.1 Å². The third kappa shape index (κ3) is 5.57. The molecule has 1 aromatic carbocycles. The number of benzene rings is 1. The lowest BCUT2D eigenvalue weighted by atomic mass is 9.68. The Morgan fingerprint density at radius 3 is 1.72 bits per heavy atom. The van der Waals surface area contributed by atoms with E-state index in [-0.39, 0.29) is 17.4 Å². The maximum Gasteiger partial charge on any atom is 0.420 e. The fraction of sp³-hybridized carbons (Fsp3) is 0.652. The molecule has 0 atom stereocenters. The van der Waals surface area contributed by atoms with Crippen molar-refractivity contribution < 1.29 is 39.9 Å². The van der Waals surface area contributed by atoms with Crippen molar-refractivity contribution in [1.82, 2.24) is 0 Å². The maximum atomic E-state index is 13.8. The van der Waals surface area contributed by atoms with Gasteiger partial charge in [-0.1, -0.05) is 6.07 Å². The Morgan fingerprint density at radius 1 is 0.781 bits per heavy atom. The minimum absolute atomic E-state index is 0.137. The van der Waals surface area contributed by atoms with Crippen LogP contribution in [0.15, 0.2) is 24.3 Å². The van der Waals surface area contributed by atoms with Gasteiger partial charge in [0.25, 0.3) is 6.08 Å². The van der Waals surface area contributed by atoms with Crippen molar-refractivity contribution in [2.24, 2.45) is 17.8 Å². The normalized spacial score (nSPS) is 27.2. The summed E-state index contributed by atoms with van der Waals surface area (Å²) in [5.41, 5.74) is -3.73. The summed E-state index contributed by atoms with van der Waals surface area (Å²) < 4.78 is 112. The van der Waals surface area contributed by atoms with E-state index in [4.69, 9.17) is 0 Å². The highest BCUT2D eigenvalue weighted by Crippen LogP contribution is 2.51. The molecule has 0 aliphatic heterocycles. The highest BCUT2D eigenvalue weighted by molar-refractivity contribution is 5.50. The highest BCUT2D eigenvalue weighted by atomic mass is 19.4. The van der Waals surface area contributed by atoms with Gasteiger partial charge in [0, 0.05) is 0 Å². The minimum Gasteiger partial charge on any atom is -0.496 e. The molecule has 2 aliphatic carbocycles. The molecule has 0 N–H and O–H groups in total. The van der Waals surface area contributed by atoms with Gasteiger partial charge in [-0.05, 0) is 92.7 Å². The van der Waals surface area contributed by atoms with Crippen molar-refractivity contribution >= 4 is 0 Å². The Hall–Kier alpha value is -1.80. The predicted molar refractivity (Wildman–Crippen MR) is 103 cm³/mol. The van der Waals surface area contributed by atoms with Gasteiger partial charge < -0.3 is 4.74 Å². The van der Waals surface area contributed by atoms with Crippen LogP contribution in [-0.4, -0.2) is 7.11 Å². The van der Waals surface area contributed by atoms with Crippen LogP contribution in [0, 0.1) is 17.8 Å². The molecule has 2 aliphatic rings. The summed E-state index contributed by atoms with van der Waals surface area (Å²) in [6, 6.07) is 2.09. The van der Waals surface area contributed by atoms with E-state index in [1.54, 1.807) is 0 Å². The molecule has 0 saturated heterocycles. The second-order valence-corrected chi connectivity index (χ2v) is 8.85. The first kappa shape index (κ1) is 24.8. The molecule has 0 amide bonds. The van der Waals surface area contributed by atoms with Gasteiger partial charge in [-0.3, -0.25) is 0 Å². The Kier molecular flexibility index (Phi) is 7.44. The fourth-order valence-corrected chi connectivity index (χ4v) is 5.56. The predicted octanol–water partition coefficient (Wildman–Crippen LogP) is 8.59. The Bertz CT molecular complexity index is 807. The van der Waals surface area contributed by atoms with E-state index in [2.05, 4.69) is 4.74 Å². The van der Waals surface area contributed by atoms with E-state index in [1.807, 2.05) is 0 Å². The zero-order valence-electron chi connectivity index (χ0n) is 17.6. The fourth-order valence-electron chi connectivity index (χ4n) is 5.56. The molecule has 180 valence electrons. The summed E-state index contributed by atoms with van der Waals surface area (Å²) in [6.45, 7) is 0. The summed E-state index contributed by atoms with van der Waals surface area (Å²) in [4.78, 5) is 0. The maximum absolute atomic E-state index is 13.8. The zero-order chi connectivity index (χ0) is 23.7. The van der Waals surface area contributed by atoms with Crippen molar-refractivity contribution in [3.8, 4) is 5.75 Å². The van der Waals surface area contributed by atoms with Crippen molar-refractivity contribution in [3.05, 3.63) is 41.0 Å². The topological polar surface area (TPSA) is 9.23 Å². The van der Waals surface area contributed by atoms with E-state index < -0.39 is 41.2 Å². The van der Waals surface area contributed by atoms with Crippen LogP contribution < -0.4 is 4.74 Å². The lowest BCUT2D eigenvalue weighted by Crippen LogP contribution is -2.27. The van der Waals surface area contributed by atoms with E-state index >= 15 is 0 Å². The molecule has 0 unspecified atom stereocenters. The lowest BCUT2D eigenvalue weighted by molar-refractivity contribution is -0.163. The van der Waals surface area contributed by atoms with Crippen LogP contribution >= 0.6 is 0 Å². The lowest BCUT2D eigenvalue weighted by Gasteiger charge is -2.38. The molecule has 2 saturated carbocycles. The standard InChI is InChI=1S/C23H26F8O/c1-32-18-11-10-17(20(22(26,27)28)21(18)23(29,30)31)16-8-6-15(7-9-16)14-4-2-13(3-5-14)12-19(24)25/h10-16H,2-9H2,1H3. The summed E-state index contributed by atoms with van der Waals surface area (Å²) in [6.07, 6.45) is -6.15. The number of ether oxygens (including phenoxy) is 1. The number of allylic oxidation sites excluding steroid dienone is 1. The van der Waals surface area contributed by atoms with Crippen molar-refractivity contribution in [2.75, 3.05) is 7.11 Å². The monoisotopic (exact) mass is 470 g/mol. The van der Waals surface area contributed by atoms with Gasteiger partial charge in [0.1, 0.15) is 11.3 Å².